The van der Waals surface area contributed by atoms with Gasteiger partial charge in [-0.3, -0.25) is 14.9 Å². The van der Waals surface area contributed by atoms with E-state index < -0.39 is 18.4 Å². The number of nitrogens with one attached hydrogen (secondary N) is 1. The van der Waals surface area contributed by atoms with Gasteiger partial charge in [-0.05, 0) is 17.7 Å². The van der Waals surface area contributed by atoms with Crippen LogP contribution in [-0.2, 0) is 9.59 Å². The monoisotopic (exact) mass is 239 g/mol. The minimum atomic E-state index is -2.93. The summed E-state index contributed by atoms with van der Waals surface area (Å²) in [6, 6.07) is 5.60. The van der Waals surface area contributed by atoms with Crippen molar-refractivity contribution in [3.8, 4) is 5.75 Å². The highest BCUT2D eigenvalue weighted by atomic mass is 19.3. The standard InChI is InChI=1S/C11H7F2NO3/c12-11(13)17-7-3-1-2-6(4-7)8-5-9(15)14-10(8)16/h1-5,11H,(H,14,15,16). The third-order valence-electron chi connectivity index (χ3n) is 2.13. The fourth-order valence-electron chi connectivity index (χ4n) is 1.47. The molecule has 0 fully saturated rings. The molecule has 1 aromatic carbocycles. The van der Waals surface area contributed by atoms with Gasteiger partial charge in [-0.25, -0.2) is 0 Å². The molecule has 0 unspecified atom stereocenters. The fourth-order valence-corrected chi connectivity index (χ4v) is 1.47. The second kappa shape index (κ2) is 4.32. The van der Waals surface area contributed by atoms with Gasteiger partial charge in [0.25, 0.3) is 11.8 Å². The van der Waals surface area contributed by atoms with Crippen LogP contribution in [0.2, 0.25) is 0 Å². The van der Waals surface area contributed by atoms with Crippen LogP contribution in [0, 0.1) is 0 Å². The topological polar surface area (TPSA) is 55.4 Å². The van der Waals surface area contributed by atoms with Gasteiger partial charge in [0.05, 0.1) is 5.57 Å². The predicted octanol–water partition coefficient (Wildman–Crippen LogP) is 1.33. The third kappa shape index (κ3) is 2.47. The Morgan fingerprint density at radius 1 is 1.24 bits per heavy atom. The molecule has 0 radical (unpaired) electrons. The van der Waals surface area contributed by atoms with E-state index in [1.807, 2.05) is 0 Å². The number of carbonyl (C=O) groups is 2. The van der Waals surface area contributed by atoms with Gasteiger partial charge in [-0.2, -0.15) is 8.78 Å². The number of alkyl halides is 2. The molecule has 0 spiro atoms. The molecule has 0 bridgehead atoms. The van der Waals surface area contributed by atoms with Gasteiger partial charge in [0.1, 0.15) is 5.75 Å². The van der Waals surface area contributed by atoms with Gasteiger partial charge in [0.2, 0.25) is 0 Å². The highest BCUT2D eigenvalue weighted by molar-refractivity contribution is 6.33. The van der Waals surface area contributed by atoms with Crippen LogP contribution in [-0.4, -0.2) is 18.4 Å². The maximum absolute atomic E-state index is 12.0. The highest BCUT2D eigenvalue weighted by Crippen LogP contribution is 2.23. The predicted molar refractivity (Wildman–Crippen MR) is 54.2 cm³/mol. The number of benzene rings is 1. The van der Waals surface area contributed by atoms with Crippen molar-refractivity contribution in [3.05, 3.63) is 35.9 Å². The van der Waals surface area contributed by atoms with Crippen molar-refractivity contribution in [1.29, 1.82) is 0 Å². The molecule has 0 atom stereocenters. The first kappa shape index (κ1) is 11.3. The van der Waals surface area contributed by atoms with E-state index >= 15 is 0 Å². The Balaban J connectivity index is 2.30. The van der Waals surface area contributed by atoms with Crippen molar-refractivity contribution < 1.29 is 23.1 Å². The smallest absolute Gasteiger partial charge is 0.387 e. The van der Waals surface area contributed by atoms with Gasteiger partial charge in [0, 0.05) is 6.08 Å². The van der Waals surface area contributed by atoms with Crippen molar-refractivity contribution in [2.24, 2.45) is 0 Å². The largest absolute Gasteiger partial charge is 0.435 e. The first-order valence-corrected chi connectivity index (χ1v) is 4.68. The van der Waals surface area contributed by atoms with Crippen LogP contribution in [0.3, 0.4) is 0 Å². The van der Waals surface area contributed by atoms with Crippen molar-refractivity contribution in [2.75, 3.05) is 0 Å². The lowest BCUT2D eigenvalue weighted by Gasteiger charge is -2.06. The Hall–Kier alpha value is -2.24. The van der Waals surface area contributed by atoms with E-state index in [-0.39, 0.29) is 11.3 Å². The number of ether oxygens (including phenoxy) is 1. The van der Waals surface area contributed by atoms with Crippen molar-refractivity contribution in [2.45, 2.75) is 6.61 Å². The molecule has 1 N–H and O–H groups in total. The number of imide groups is 1. The molecule has 0 saturated carbocycles. The third-order valence-corrected chi connectivity index (χ3v) is 2.13. The lowest BCUT2D eigenvalue weighted by molar-refractivity contribution is -0.123. The summed E-state index contributed by atoms with van der Waals surface area (Å²) in [4.78, 5) is 22.3. The normalized spacial score (nSPS) is 14.9. The Morgan fingerprint density at radius 2 is 2.00 bits per heavy atom. The molecule has 2 rings (SSSR count). The molecule has 0 saturated heterocycles. The van der Waals surface area contributed by atoms with Crippen molar-refractivity contribution in [1.82, 2.24) is 5.32 Å². The van der Waals surface area contributed by atoms with Gasteiger partial charge in [-0.15, -0.1) is 0 Å². The number of hydrogen-bond acceptors (Lipinski definition) is 3. The lowest BCUT2D eigenvalue weighted by Crippen LogP contribution is -2.21. The molecule has 1 aliphatic heterocycles. The fraction of sp³-hybridized carbons (Fsp3) is 0.0909. The molecule has 88 valence electrons. The highest BCUT2D eigenvalue weighted by Gasteiger charge is 2.22. The van der Waals surface area contributed by atoms with E-state index in [1.54, 1.807) is 0 Å². The molecule has 1 heterocycles. The number of hydrogen-bond donors (Lipinski definition) is 1. The average molecular weight is 239 g/mol. The zero-order valence-electron chi connectivity index (χ0n) is 8.44. The lowest BCUT2D eigenvalue weighted by atomic mass is 10.1. The van der Waals surface area contributed by atoms with Crippen LogP contribution in [0.25, 0.3) is 5.57 Å². The van der Waals surface area contributed by atoms with Crippen LogP contribution in [0.1, 0.15) is 5.56 Å². The van der Waals surface area contributed by atoms with Crippen LogP contribution in [0.4, 0.5) is 8.78 Å². The van der Waals surface area contributed by atoms with E-state index in [4.69, 9.17) is 0 Å². The molecule has 17 heavy (non-hydrogen) atoms. The van der Waals surface area contributed by atoms with Gasteiger partial charge < -0.3 is 4.74 Å². The molecule has 1 aliphatic rings. The SMILES string of the molecule is O=C1C=C(c2cccc(OC(F)F)c2)C(=O)N1. The molecule has 1 aromatic rings. The van der Waals surface area contributed by atoms with Crippen LogP contribution >= 0.6 is 0 Å². The Bertz CT molecular complexity index is 511. The quantitative estimate of drug-likeness (QED) is 0.809. The molecular formula is C11H7F2NO3. The van der Waals surface area contributed by atoms with E-state index in [9.17, 15) is 18.4 Å². The summed E-state index contributed by atoms with van der Waals surface area (Å²) in [7, 11) is 0. The van der Waals surface area contributed by atoms with Crippen LogP contribution in [0.15, 0.2) is 30.3 Å². The summed E-state index contributed by atoms with van der Waals surface area (Å²) in [5.41, 5.74) is 0.487. The Labute approximate surface area is 94.9 Å². The first-order valence-electron chi connectivity index (χ1n) is 4.68. The second-order valence-corrected chi connectivity index (χ2v) is 3.28. The van der Waals surface area contributed by atoms with Gasteiger partial charge >= 0.3 is 6.61 Å². The average Bonchev–Trinajstić information content (AvgIpc) is 2.57. The van der Waals surface area contributed by atoms with E-state index in [1.165, 1.54) is 24.3 Å². The van der Waals surface area contributed by atoms with Crippen LogP contribution < -0.4 is 10.1 Å². The molecular weight excluding hydrogens is 232 g/mol. The summed E-state index contributed by atoms with van der Waals surface area (Å²) in [5, 5.41) is 2.07. The summed E-state index contributed by atoms with van der Waals surface area (Å²) >= 11 is 0. The molecule has 4 nitrogen and oxygen atoms in total. The molecule has 0 aromatic heterocycles. The van der Waals surface area contributed by atoms with Crippen LogP contribution in [0.5, 0.6) is 5.75 Å². The number of carbonyl (C=O) groups excluding carboxylic acids is 2. The summed E-state index contributed by atoms with van der Waals surface area (Å²) in [5.74, 6) is -1.14. The number of amides is 2. The zero-order chi connectivity index (χ0) is 12.4. The van der Waals surface area contributed by atoms with E-state index in [2.05, 4.69) is 10.1 Å². The molecule has 2 amide bonds. The Kier molecular flexibility index (Phi) is 2.86. The molecule has 0 aliphatic carbocycles. The van der Waals surface area contributed by atoms with Gasteiger partial charge in [0.15, 0.2) is 0 Å². The maximum Gasteiger partial charge on any atom is 0.387 e. The Morgan fingerprint density at radius 3 is 2.59 bits per heavy atom. The zero-order valence-corrected chi connectivity index (χ0v) is 8.44. The summed E-state index contributed by atoms with van der Waals surface area (Å²) < 4.78 is 28.2. The first-order chi connectivity index (χ1) is 8.06. The van der Waals surface area contributed by atoms with E-state index in [0.29, 0.717) is 5.56 Å². The summed E-state index contributed by atoms with van der Waals surface area (Å²) in [6.45, 7) is -2.93. The second-order valence-electron chi connectivity index (χ2n) is 3.28. The number of rotatable bonds is 3. The van der Waals surface area contributed by atoms with E-state index in [0.717, 1.165) is 6.08 Å². The molecule has 6 heteroatoms. The minimum absolute atomic E-state index is 0.0643. The number of halogens is 2. The minimum Gasteiger partial charge on any atom is -0.435 e. The maximum atomic E-state index is 12.0. The summed E-state index contributed by atoms with van der Waals surface area (Å²) in [6.07, 6.45) is 1.11. The van der Waals surface area contributed by atoms with Crippen molar-refractivity contribution in [3.63, 3.8) is 0 Å². The van der Waals surface area contributed by atoms with Crippen molar-refractivity contribution >= 4 is 17.4 Å². The van der Waals surface area contributed by atoms with Gasteiger partial charge in [-0.1, -0.05) is 12.1 Å².